The molecule has 0 aromatic rings. The smallest absolute Gasteiger partial charge is 0.326 e. The SMILES string of the molecule is C=C1NC(=O)N([C@H]2C[C@H](O)[C@](CO)(CF)C2=C)C=C1C. The first-order chi connectivity index (χ1) is 9.37. The van der Waals surface area contributed by atoms with E-state index >= 15 is 0 Å². The van der Waals surface area contributed by atoms with Crippen molar-refractivity contribution in [3.8, 4) is 0 Å². The third kappa shape index (κ3) is 1.96. The third-order valence-electron chi connectivity index (χ3n) is 4.28. The van der Waals surface area contributed by atoms with Crippen molar-refractivity contribution in [3.63, 3.8) is 0 Å². The molecule has 2 rings (SSSR count). The first-order valence-electron chi connectivity index (χ1n) is 6.38. The maximum Gasteiger partial charge on any atom is 0.326 e. The van der Waals surface area contributed by atoms with Gasteiger partial charge in [-0.3, -0.25) is 4.90 Å². The van der Waals surface area contributed by atoms with Gasteiger partial charge in [-0.05, 0) is 24.5 Å². The summed E-state index contributed by atoms with van der Waals surface area (Å²) in [5.41, 5.74) is 0.228. The van der Waals surface area contributed by atoms with Crippen molar-refractivity contribution in [1.29, 1.82) is 0 Å². The molecule has 1 aliphatic heterocycles. The van der Waals surface area contributed by atoms with E-state index in [1.807, 2.05) is 0 Å². The van der Waals surface area contributed by atoms with Gasteiger partial charge in [0.1, 0.15) is 6.67 Å². The monoisotopic (exact) mass is 282 g/mol. The molecule has 0 bridgehead atoms. The quantitative estimate of drug-likeness (QED) is 0.678. The Kier molecular flexibility index (Phi) is 3.71. The highest BCUT2D eigenvalue weighted by Gasteiger charge is 2.52. The van der Waals surface area contributed by atoms with E-state index in [-0.39, 0.29) is 6.42 Å². The van der Waals surface area contributed by atoms with Crippen molar-refractivity contribution < 1.29 is 19.4 Å². The molecule has 6 heteroatoms. The second-order valence-electron chi connectivity index (χ2n) is 5.37. The Morgan fingerprint density at radius 1 is 1.60 bits per heavy atom. The molecule has 0 saturated heterocycles. The van der Waals surface area contributed by atoms with E-state index in [9.17, 15) is 19.4 Å². The van der Waals surface area contributed by atoms with Crippen LogP contribution < -0.4 is 5.32 Å². The zero-order chi connectivity index (χ0) is 15.1. The van der Waals surface area contributed by atoms with Crippen molar-refractivity contribution in [2.24, 2.45) is 5.41 Å². The van der Waals surface area contributed by atoms with Crippen molar-refractivity contribution in [2.75, 3.05) is 13.3 Å². The van der Waals surface area contributed by atoms with Crippen LogP contribution in [0, 0.1) is 5.41 Å². The molecule has 1 fully saturated rings. The fourth-order valence-electron chi connectivity index (χ4n) is 2.70. The summed E-state index contributed by atoms with van der Waals surface area (Å²) in [7, 11) is 0. The normalized spacial score (nSPS) is 34.3. The molecule has 110 valence electrons. The molecule has 1 saturated carbocycles. The Hall–Kier alpha value is -1.66. The minimum absolute atomic E-state index is 0.146. The molecule has 3 N–H and O–H groups in total. The summed E-state index contributed by atoms with van der Waals surface area (Å²) in [6, 6.07) is -0.942. The van der Waals surface area contributed by atoms with Gasteiger partial charge in [-0.1, -0.05) is 13.2 Å². The average Bonchev–Trinajstić information content (AvgIpc) is 2.66. The van der Waals surface area contributed by atoms with Crippen molar-refractivity contribution in [1.82, 2.24) is 10.2 Å². The zero-order valence-corrected chi connectivity index (χ0v) is 11.4. The number of urea groups is 1. The van der Waals surface area contributed by atoms with Crippen LogP contribution in [0.3, 0.4) is 0 Å². The second-order valence-corrected chi connectivity index (χ2v) is 5.37. The number of allylic oxidation sites excluding steroid dienone is 1. The number of alkyl halides is 1. The molecule has 0 aromatic heterocycles. The maximum atomic E-state index is 13.3. The Labute approximate surface area is 117 Å². The van der Waals surface area contributed by atoms with E-state index < -0.39 is 36.9 Å². The van der Waals surface area contributed by atoms with Crippen LogP contribution in [-0.4, -0.2) is 46.6 Å². The lowest BCUT2D eigenvalue weighted by Crippen LogP contribution is -2.46. The predicted molar refractivity (Wildman–Crippen MR) is 72.3 cm³/mol. The van der Waals surface area contributed by atoms with Gasteiger partial charge in [0.25, 0.3) is 0 Å². The van der Waals surface area contributed by atoms with Gasteiger partial charge >= 0.3 is 6.03 Å². The van der Waals surface area contributed by atoms with Crippen LogP contribution >= 0.6 is 0 Å². The Morgan fingerprint density at radius 3 is 2.75 bits per heavy atom. The average molecular weight is 282 g/mol. The molecule has 2 aliphatic rings. The van der Waals surface area contributed by atoms with E-state index in [4.69, 9.17) is 0 Å². The lowest BCUT2D eigenvalue weighted by atomic mass is 9.83. The summed E-state index contributed by atoms with van der Waals surface area (Å²) in [5.74, 6) is 0. The van der Waals surface area contributed by atoms with Crippen LogP contribution in [0.1, 0.15) is 13.3 Å². The highest BCUT2D eigenvalue weighted by atomic mass is 19.1. The van der Waals surface area contributed by atoms with Gasteiger partial charge in [-0.15, -0.1) is 0 Å². The number of amides is 2. The number of hydrogen-bond donors (Lipinski definition) is 3. The zero-order valence-electron chi connectivity index (χ0n) is 11.4. The number of nitrogens with zero attached hydrogens (tertiary/aromatic N) is 1. The second kappa shape index (κ2) is 5.03. The molecule has 3 atom stereocenters. The van der Waals surface area contributed by atoms with Gasteiger partial charge < -0.3 is 15.5 Å². The van der Waals surface area contributed by atoms with Crippen molar-refractivity contribution >= 4 is 6.03 Å². The van der Waals surface area contributed by atoms with Gasteiger partial charge in [0.2, 0.25) is 0 Å². The summed E-state index contributed by atoms with van der Waals surface area (Å²) in [6.45, 7) is 7.84. The molecular formula is C14H19FN2O3. The van der Waals surface area contributed by atoms with Crippen LogP contribution in [0.5, 0.6) is 0 Å². The fraction of sp³-hybridized carbons (Fsp3) is 0.500. The minimum atomic E-state index is -1.39. The molecular weight excluding hydrogens is 263 g/mol. The molecule has 0 aromatic carbocycles. The van der Waals surface area contributed by atoms with E-state index in [0.717, 1.165) is 5.57 Å². The maximum absolute atomic E-state index is 13.3. The molecule has 5 nitrogen and oxygen atoms in total. The number of carbonyl (C=O) groups is 1. The Balaban J connectivity index is 2.34. The summed E-state index contributed by atoms with van der Waals surface area (Å²) in [4.78, 5) is 13.4. The molecule has 1 aliphatic carbocycles. The lowest BCUT2D eigenvalue weighted by molar-refractivity contribution is 0.0109. The number of carbonyl (C=O) groups excluding carboxylic acids is 1. The molecule has 2 amide bonds. The van der Waals surface area contributed by atoms with Gasteiger partial charge in [-0.2, -0.15) is 0 Å². The number of aliphatic hydroxyl groups is 2. The molecule has 1 heterocycles. The number of halogens is 1. The number of hydrogen-bond acceptors (Lipinski definition) is 3. The number of nitrogens with one attached hydrogen (secondary N) is 1. The Bertz CT molecular complexity index is 497. The highest BCUT2D eigenvalue weighted by molar-refractivity contribution is 5.81. The highest BCUT2D eigenvalue weighted by Crippen LogP contribution is 2.45. The van der Waals surface area contributed by atoms with E-state index in [0.29, 0.717) is 11.3 Å². The Morgan fingerprint density at radius 2 is 2.25 bits per heavy atom. The summed E-state index contributed by atoms with van der Waals surface area (Å²) >= 11 is 0. The van der Waals surface area contributed by atoms with Crippen LogP contribution in [0.25, 0.3) is 0 Å². The van der Waals surface area contributed by atoms with Gasteiger partial charge in [0.15, 0.2) is 0 Å². The molecule has 0 radical (unpaired) electrons. The third-order valence-corrected chi connectivity index (χ3v) is 4.28. The minimum Gasteiger partial charge on any atom is -0.395 e. The molecule has 20 heavy (non-hydrogen) atoms. The van der Waals surface area contributed by atoms with Crippen LogP contribution in [0.2, 0.25) is 0 Å². The lowest BCUT2D eigenvalue weighted by Gasteiger charge is -2.34. The summed E-state index contributed by atoms with van der Waals surface area (Å²) in [6.07, 6.45) is 0.684. The summed E-state index contributed by atoms with van der Waals surface area (Å²) in [5, 5.41) is 22.1. The standard InChI is InChI=1S/C14H19FN2O3/c1-8-5-17(13(20)16-10(8)3)11-4-12(19)14(6-15,7-18)9(11)2/h5,11-12,18-19H,2-4,6-7H2,1H3,(H,16,20)/t11-,12-,14-/m0/s1. The van der Waals surface area contributed by atoms with Gasteiger partial charge in [-0.25, -0.2) is 9.18 Å². The first kappa shape index (κ1) is 14.7. The largest absolute Gasteiger partial charge is 0.395 e. The number of rotatable bonds is 3. The molecule has 0 unspecified atom stereocenters. The van der Waals surface area contributed by atoms with Gasteiger partial charge in [0.05, 0.1) is 24.2 Å². The van der Waals surface area contributed by atoms with Crippen LogP contribution in [0.15, 0.2) is 36.2 Å². The van der Waals surface area contributed by atoms with E-state index in [1.165, 1.54) is 4.90 Å². The van der Waals surface area contributed by atoms with E-state index in [2.05, 4.69) is 18.5 Å². The van der Waals surface area contributed by atoms with Crippen molar-refractivity contribution in [2.45, 2.75) is 25.5 Å². The predicted octanol–water partition coefficient (Wildman–Crippen LogP) is 1.07. The summed E-state index contributed by atoms with van der Waals surface area (Å²) < 4.78 is 13.3. The topological polar surface area (TPSA) is 72.8 Å². The number of aliphatic hydroxyl groups excluding tert-OH is 2. The van der Waals surface area contributed by atoms with Crippen LogP contribution in [0.4, 0.5) is 9.18 Å². The first-order valence-corrected chi connectivity index (χ1v) is 6.38. The van der Waals surface area contributed by atoms with Crippen molar-refractivity contribution in [3.05, 3.63) is 36.2 Å². The van der Waals surface area contributed by atoms with Gasteiger partial charge in [0, 0.05) is 11.9 Å². The fourth-order valence-corrected chi connectivity index (χ4v) is 2.70. The van der Waals surface area contributed by atoms with E-state index in [1.54, 1.807) is 13.1 Å². The van der Waals surface area contributed by atoms with Crippen LogP contribution in [-0.2, 0) is 0 Å². The molecule has 0 spiro atoms.